The Morgan fingerprint density at radius 3 is 3.16 bits per heavy atom. The normalized spacial score (nSPS) is 18.6. The summed E-state index contributed by atoms with van der Waals surface area (Å²) in [6.45, 7) is 2.19. The van der Waals surface area contributed by atoms with E-state index >= 15 is 0 Å². The topological polar surface area (TPSA) is 58.6 Å². The highest BCUT2D eigenvalue weighted by Crippen LogP contribution is 2.29. The molecule has 0 saturated carbocycles. The molecule has 4 nitrogen and oxygen atoms in total. The summed E-state index contributed by atoms with van der Waals surface area (Å²) in [6.07, 6.45) is 0.711. The third kappa shape index (κ3) is 3.44. The molecule has 0 fully saturated rings. The molecule has 104 valence electrons. The number of amides is 1. The van der Waals surface area contributed by atoms with Gasteiger partial charge < -0.3 is 15.2 Å². The van der Waals surface area contributed by atoms with E-state index in [9.17, 15) is 14.3 Å². The number of rotatable bonds is 5. The summed E-state index contributed by atoms with van der Waals surface area (Å²) in [6, 6.07) is 4.22. The van der Waals surface area contributed by atoms with Crippen molar-refractivity contribution >= 4 is 5.91 Å². The number of aliphatic hydroxyl groups excluding tert-OH is 1. The molecule has 0 aliphatic carbocycles. The van der Waals surface area contributed by atoms with Gasteiger partial charge in [0.2, 0.25) is 0 Å². The zero-order valence-corrected chi connectivity index (χ0v) is 10.9. The average molecular weight is 267 g/mol. The summed E-state index contributed by atoms with van der Waals surface area (Å²) >= 11 is 0. The summed E-state index contributed by atoms with van der Waals surface area (Å²) in [7, 11) is 0. The van der Waals surface area contributed by atoms with Gasteiger partial charge in [-0.1, -0.05) is 13.3 Å². The number of benzene rings is 1. The molecule has 1 aromatic carbocycles. The van der Waals surface area contributed by atoms with Crippen LogP contribution in [0.2, 0.25) is 0 Å². The maximum absolute atomic E-state index is 13.0. The molecule has 1 aromatic rings. The van der Waals surface area contributed by atoms with Crippen LogP contribution in [0.3, 0.4) is 0 Å². The molecule has 19 heavy (non-hydrogen) atoms. The van der Waals surface area contributed by atoms with Crippen molar-refractivity contribution in [3.63, 3.8) is 0 Å². The minimum atomic E-state index is -0.634. The van der Waals surface area contributed by atoms with Crippen molar-refractivity contribution in [2.45, 2.75) is 38.4 Å². The molecular weight excluding hydrogens is 249 g/mol. The van der Waals surface area contributed by atoms with Crippen LogP contribution in [0.4, 0.5) is 4.39 Å². The lowest BCUT2D eigenvalue weighted by Gasteiger charge is -2.14. The number of hydrogen-bond donors (Lipinski definition) is 2. The second-order valence-corrected chi connectivity index (χ2v) is 4.75. The minimum Gasteiger partial charge on any atom is -0.480 e. The van der Waals surface area contributed by atoms with Crippen LogP contribution in [-0.2, 0) is 11.2 Å². The molecular formula is C14H18FNO3. The largest absolute Gasteiger partial charge is 0.480 e. The van der Waals surface area contributed by atoms with E-state index in [1.54, 1.807) is 0 Å². The smallest absolute Gasteiger partial charge is 0.261 e. The molecule has 1 heterocycles. The number of ether oxygens (including phenoxy) is 1. The fourth-order valence-electron chi connectivity index (χ4n) is 2.13. The van der Waals surface area contributed by atoms with E-state index in [0.717, 1.165) is 6.42 Å². The first-order chi connectivity index (χ1) is 9.10. The van der Waals surface area contributed by atoms with Gasteiger partial charge in [-0.2, -0.15) is 0 Å². The number of nitrogens with one attached hydrogen (secondary N) is 1. The molecule has 0 bridgehead atoms. The molecule has 5 heteroatoms. The molecule has 2 atom stereocenters. The lowest BCUT2D eigenvalue weighted by atomic mass is 10.1. The molecule has 2 unspecified atom stereocenters. The predicted molar refractivity (Wildman–Crippen MR) is 68.4 cm³/mol. The fraction of sp³-hybridized carbons (Fsp3) is 0.500. The lowest BCUT2D eigenvalue weighted by molar-refractivity contribution is -0.127. The van der Waals surface area contributed by atoms with Crippen LogP contribution in [0.15, 0.2) is 18.2 Å². The highest BCUT2D eigenvalue weighted by Gasteiger charge is 2.29. The van der Waals surface area contributed by atoms with Gasteiger partial charge in [0.15, 0.2) is 6.10 Å². The maximum atomic E-state index is 13.0. The van der Waals surface area contributed by atoms with Crippen molar-refractivity contribution in [3.8, 4) is 5.75 Å². The minimum absolute atomic E-state index is 0.219. The highest BCUT2D eigenvalue weighted by molar-refractivity contribution is 5.82. The molecule has 0 spiro atoms. The van der Waals surface area contributed by atoms with Gasteiger partial charge in [0.25, 0.3) is 5.91 Å². The monoisotopic (exact) mass is 267 g/mol. The quantitative estimate of drug-likeness (QED) is 0.848. The van der Waals surface area contributed by atoms with Crippen LogP contribution in [0.5, 0.6) is 5.75 Å². The number of carbonyl (C=O) groups is 1. The highest BCUT2D eigenvalue weighted by atomic mass is 19.1. The molecule has 0 radical (unpaired) electrons. The van der Waals surface area contributed by atoms with Crippen molar-refractivity contribution in [3.05, 3.63) is 29.6 Å². The lowest BCUT2D eigenvalue weighted by Crippen LogP contribution is -2.41. The maximum Gasteiger partial charge on any atom is 0.261 e. The third-order valence-corrected chi connectivity index (χ3v) is 3.12. The molecule has 1 amide bonds. The van der Waals surface area contributed by atoms with Gasteiger partial charge in [0.05, 0.1) is 6.10 Å². The van der Waals surface area contributed by atoms with Gasteiger partial charge in [-0.25, -0.2) is 4.39 Å². The van der Waals surface area contributed by atoms with Crippen LogP contribution in [-0.4, -0.2) is 29.8 Å². The van der Waals surface area contributed by atoms with Crippen molar-refractivity contribution in [2.75, 3.05) is 6.54 Å². The van der Waals surface area contributed by atoms with Crippen LogP contribution < -0.4 is 10.1 Å². The zero-order valence-electron chi connectivity index (χ0n) is 10.9. The van der Waals surface area contributed by atoms with E-state index in [1.165, 1.54) is 18.2 Å². The Labute approximate surface area is 111 Å². The summed E-state index contributed by atoms with van der Waals surface area (Å²) in [4.78, 5) is 11.9. The van der Waals surface area contributed by atoms with Crippen molar-refractivity contribution < 1.29 is 19.0 Å². The van der Waals surface area contributed by atoms with E-state index in [1.807, 2.05) is 6.92 Å². The molecule has 0 saturated heterocycles. The van der Waals surface area contributed by atoms with E-state index in [0.29, 0.717) is 24.2 Å². The van der Waals surface area contributed by atoms with Crippen molar-refractivity contribution in [1.82, 2.24) is 5.32 Å². The first-order valence-electron chi connectivity index (χ1n) is 6.51. The SMILES string of the molecule is CCCC(O)CNC(=O)C1Cc2cc(F)ccc2O1. The Bertz CT molecular complexity index is 464. The summed E-state index contributed by atoms with van der Waals surface area (Å²) in [5.41, 5.74) is 0.703. The Balaban J connectivity index is 1.86. The van der Waals surface area contributed by atoms with Crippen molar-refractivity contribution in [1.29, 1.82) is 0 Å². The first kappa shape index (κ1) is 13.8. The second kappa shape index (κ2) is 6.02. The Morgan fingerprint density at radius 1 is 1.63 bits per heavy atom. The Kier molecular flexibility index (Phi) is 4.37. The van der Waals surface area contributed by atoms with Crippen LogP contribution in [0.25, 0.3) is 0 Å². The number of aliphatic hydroxyl groups is 1. The van der Waals surface area contributed by atoms with Crippen molar-refractivity contribution in [2.24, 2.45) is 0 Å². The first-order valence-corrected chi connectivity index (χ1v) is 6.51. The van der Waals surface area contributed by atoms with E-state index in [4.69, 9.17) is 4.74 Å². The summed E-state index contributed by atoms with van der Waals surface area (Å²) in [5, 5.41) is 12.2. The Hall–Kier alpha value is -1.62. The summed E-state index contributed by atoms with van der Waals surface area (Å²) in [5.74, 6) is -0.0517. The molecule has 1 aliphatic heterocycles. The zero-order chi connectivity index (χ0) is 13.8. The van der Waals surface area contributed by atoms with Gasteiger partial charge >= 0.3 is 0 Å². The standard InChI is InChI=1S/C14H18FNO3/c1-2-3-11(17)8-16-14(18)13-7-9-6-10(15)4-5-12(9)19-13/h4-6,11,13,17H,2-3,7-8H2,1H3,(H,16,18). The fourth-order valence-corrected chi connectivity index (χ4v) is 2.13. The predicted octanol–water partition coefficient (Wildman–Crippen LogP) is 1.41. The molecule has 0 aromatic heterocycles. The van der Waals surface area contributed by atoms with E-state index in [2.05, 4.69) is 5.32 Å². The number of hydrogen-bond acceptors (Lipinski definition) is 3. The third-order valence-electron chi connectivity index (χ3n) is 3.12. The number of fused-ring (bicyclic) bond motifs is 1. The number of carbonyl (C=O) groups excluding carboxylic acids is 1. The van der Waals surface area contributed by atoms with Crippen LogP contribution >= 0.6 is 0 Å². The number of halogens is 1. The van der Waals surface area contributed by atoms with Gasteiger partial charge in [-0.15, -0.1) is 0 Å². The van der Waals surface area contributed by atoms with E-state index < -0.39 is 12.2 Å². The average Bonchev–Trinajstić information content (AvgIpc) is 2.79. The van der Waals surface area contributed by atoms with Gasteiger partial charge in [0, 0.05) is 18.5 Å². The van der Waals surface area contributed by atoms with Gasteiger partial charge in [-0.3, -0.25) is 4.79 Å². The van der Waals surface area contributed by atoms with Gasteiger partial charge in [-0.05, 0) is 24.6 Å². The molecule has 2 rings (SSSR count). The second-order valence-electron chi connectivity index (χ2n) is 4.75. The van der Waals surface area contributed by atoms with Crippen LogP contribution in [0.1, 0.15) is 25.3 Å². The molecule has 2 N–H and O–H groups in total. The summed E-state index contributed by atoms with van der Waals surface area (Å²) < 4.78 is 18.5. The van der Waals surface area contributed by atoms with E-state index in [-0.39, 0.29) is 18.3 Å². The van der Waals surface area contributed by atoms with Gasteiger partial charge in [0.1, 0.15) is 11.6 Å². The molecule has 1 aliphatic rings. The Morgan fingerprint density at radius 2 is 2.42 bits per heavy atom. The van der Waals surface area contributed by atoms with Crippen LogP contribution in [0, 0.1) is 5.82 Å².